The van der Waals surface area contributed by atoms with Crippen molar-refractivity contribution in [3.63, 3.8) is 0 Å². The van der Waals surface area contributed by atoms with Gasteiger partial charge in [-0.2, -0.15) is 9.78 Å². The second kappa shape index (κ2) is 6.43. The van der Waals surface area contributed by atoms with Gasteiger partial charge < -0.3 is 10.0 Å². The Hall–Kier alpha value is -2.63. The van der Waals surface area contributed by atoms with Gasteiger partial charge in [-0.15, -0.1) is 0 Å². The lowest BCUT2D eigenvalue weighted by Crippen LogP contribution is -2.31. The number of aromatic carboxylic acids is 1. The Kier molecular flexibility index (Phi) is 4.60. The van der Waals surface area contributed by atoms with Gasteiger partial charge in [-0.3, -0.25) is 4.79 Å². The third kappa shape index (κ3) is 2.86. The smallest absolute Gasteiger partial charge is 0.358 e. The van der Waals surface area contributed by atoms with Gasteiger partial charge in [0.05, 0.1) is 11.4 Å². The van der Waals surface area contributed by atoms with Gasteiger partial charge in [0.2, 0.25) is 0 Å². The number of nitrogens with zero attached hydrogens (tertiary/aromatic N) is 3. The van der Waals surface area contributed by atoms with E-state index in [1.165, 1.54) is 6.07 Å². The molecule has 22 heavy (non-hydrogen) atoms. The first kappa shape index (κ1) is 15.8. The van der Waals surface area contributed by atoms with Crippen LogP contribution in [0.15, 0.2) is 35.1 Å². The summed E-state index contributed by atoms with van der Waals surface area (Å²) in [5, 5.41) is 13.5. The minimum absolute atomic E-state index is 0.119. The third-order valence-corrected chi connectivity index (χ3v) is 3.56. The standard InChI is InChI=1S/C16H19N3O3/c1-4-18(5-2)13-10-14(20)19(17-15(13)16(21)22)12-9-7-6-8-11(12)3/h6-10H,4-5H2,1-3H3,(H,21,22). The van der Waals surface area contributed by atoms with E-state index in [2.05, 4.69) is 5.10 Å². The number of anilines is 1. The Labute approximate surface area is 128 Å². The number of carboxylic acid groups (broad SMARTS) is 1. The van der Waals surface area contributed by atoms with Gasteiger partial charge in [-0.1, -0.05) is 18.2 Å². The van der Waals surface area contributed by atoms with Gasteiger partial charge in [-0.25, -0.2) is 4.79 Å². The van der Waals surface area contributed by atoms with E-state index >= 15 is 0 Å². The number of aromatic nitrogens is 2. The predicted octanol–water partition coefficient (Wildman–Crippen LogP) is 2.09. The Balaban J connectivity index is 2.70. The predicted molar refractivity (Wildman–Crippen MR) is 85.1 cm³/mol. The molecule has 6 nitrogen and oxygen atoms in total. The molecule has 0 fully saturated rings. The van der Waals surface area contributed by atoms with Crippen LogP contribution in [0.2, 0.25) is 0 Å². The maximum absolute atomic E-state index is 12.4. The van der Waals surface area contributed by atoms with Crippen molar-refractivity contribution in [1.29, 1.82) is 0 Å². The molecule has 1 heterocycles. The second-order valence-electron chi connectivity index (χ2n) is 4.89. The number of hydrogen-bond acceptors (Lipinski definition) is 4. The highest BCUT2D eigenvalue weighted by atomic mass is 16.4. The van der Waals surface area contributed by atoms with Crippen LogP contribution in [-0.2, 0) is 0 Å². The number of aryl methyl sites for hydroxylation is 1. The maximum Gasteiger partial charge on any atom is 0.358 e. The van der Waals surface area contributed by atoms with Crippen LogP contribution < -0.4 is 10.5 Å². The minimum Gasteiger partial charge on any atom is -0.476 e. The van der Waals surface area contributed by atoms with Crippen molar-refractivity contribution in [2.45, 2.75) is 20.8 Å². The second-order valence-corrected chi connectivity index (χ2v) is 4.89. The van der Waals surface area contributed by atoms with Crippen molar-refractivity contribution in [3.8, 4) is 5.69 Å². The van der Waals surface area contributed by atoms with Gasteiger partial charge in [0.1, 0.15) is 0 Å². The largest absolute Gasteiger partial charge is 0.476 e. The van der Waals surface area contributed by atoms with Crippen LogP contribution in [0.3, 0.4) is 0 Å². The molecule has 116 valence electrons. The fourth-order valence-electron chi connectivity index (χ4n) is 2.38. The monoisotopic (exact) mass is 301 g/mol. The van der Waals surface area contributed by atoms with Crippen molar-refractivity contribution in [2.24, 2.45) is 0 Å². The molecule has 0 aliphatic heterocycles. The van der Waals surface area contributed by atoms with Gasteiger partial charge >= 0.3 is 5.97 Å². The fraction of sp³-hybridized carbons (Fsp3) is 0.312. The van der Waals surface area contributed by atoms with Gasteiger partial charge in [0.15, 0.2) is 5.69 Å². The first-order chi connectivity index (χ1) is 10.5. The van der Waals surface area contributed by atoms with Crippen molar-refractivity contribution in [1.82, 2.24) is 9.78 Å². The van der Waals surface area contributed by atoms with E-state index in [9.17, 15) is 14.7 Å². The van der Waals surface area contributed by atoms with E-state index in [1.54, 1.807) is 17.0 Å². The summed E-state index contributed by atoms with van der Waals surface area (Å²) in [6.07, 6.45) is 0. The molecule has 0 radical (unpaired) electrons. The molecular formula is C16H19N3O3. The minimum atomic E-state index is -1.15. The summed E-state index contributed by atoms with van der Waals surface area (Å²) in [7, 11) is 0. The maximum atomic E-state index is 12.4. The van der Waals surface area contributed by atoms with Crippen molar-refractivity contribution < 1.29 is 9.90 Å². The number of rotatable bonds is 5. The number of carbonyl (C=O) groups is 1. The molecule has 2 rings (SSSR count). The number of para-hydroxylation sites is 1. The molecule has 0 spiro atoms. The summed E-state index contributed by atoms with van der Waals surface area (Å²) < 4.78 is 1.14. The van der Waals surface area contributed by atoms with E-state index in [0.29, 0.717) is 24.5 Å². The van der Waals surface area contributed by atoms with Crippen LogP contribution >= 0.6 is 0 Å². The fourth-order valence-corrected chi connectivity index (χ4v) is 2.38. The van der Waals surface area contributed by atoms with E-state index < -0.39 is 5.97 Å². The molecule has 0 unspecified atom stereocenters. The average molecular weight is 301 g/mol. The number of carboxylic acids is 1. The molecule has 1 N–H and O–H groups in total. The van der Waals surface area contributed by atoms with Crippen LogP contribution in [0.4, 0.5) is 5.69 Å². The molecule has 0 bridgehead atoms. The molecule has 0 amide bonds. The molecule has 1 aromatic heterocycles. The number of hydrogen-bond donors (Lipinski definition) is 1. The molecule has 6 heteroatoms. The van der Waals surface area contributed by atoms with Crippen LogP contribution in [0.1, 0.15) is 29.9 Å². The molecular weight excluding hydrogens is 282 g/mol. The van der Waals surface area contributed by atoms with Crippen LogP contribution in [0, 0.1) is 6.92 Å². The van der Waals surface area contributed by atoms with E-state index in [4.69, 9.17) is 0 Å². The lowest BCUT2D eigenvalue weighted by atomic mass is 10.2. The van der Waals surface area contributed by atoms with Crippen LogP contribution in [0.5, 0.6) is 0 Å². The zero-order chi connectivity index (χ0) is 16.3. The van der Waals surface area contributed by atoms with Crippen molar-refractivity contribution in [2.75, 3.05) is 18.0 Å². The molecule has 0 saturated heterocycles. The van der Waals surface area contributed by atoms with Gasteiger partial charge in [0.25, 0.3) is 5.56 Å². The van der Waals surface area contributed by atoms with Crippen LogP contribution in [-0.4, -0.2) is 33.9 Å². The Morgan fingerprint density at radius 3 is 2.45 bits per heavy atom. The van der Waals surface area contributed by atoms with Crippen molar-refractivity contribution in [3.05, 3.63) is 51.9 Å². The summed E-state index contributed by atoms with van der Waals surface area (Å²) >= 11 is 0. The topological polar surface area (TPSA) is 75.4 Å². The van der Waals surface area contributed by atoms with Crippen LogP contribution in [0.25, 0.3) is 5.69 Å². The molecule has 0 aliphatic rings. The Morgan fingerprint density at radius 1 is 1.27 bits per heavy atom. The zero-order valence-corrected chi connectivity index (χ0v) is 12.9. The molecule has 0 saturated carbocycles. The molecule has 0 aliphatic carbocycles. The first-order valence-electron chi connectivity index (χ1n) is 7.18. The SMILES string of the molecule is CCN(CC)c1cc(=O)n(-c2ccccc2C)nc1C(=O)O. The quantitative estimate of drug-likeness (QED) is 0.915. The Morgan fingerprint density at radius 2 is 1.91 bits per heavy atom. The summed E-state index contributed by atoms with van der Waals surface area (Å²) in [6.45, 7) is 6.87. The van der Waals surface area contributed by atoms with Crippen molar-refractivity contribution >= 4 is 11.7 Å². The van der Waals surface area contributed by atoms with E-state index in [1.807, 2.05) is 32.9 Å². The Bertz CT molecular complexity index is 749. The first-order valence-corrected chi connectivity index (χ1v) is 7.18. The van der Waals surface area contributed by atoms with E-state index in [-0.39, 0.29) is 11.3 Å². The average Bonchev–Trinajstić information content (AvgIpc) is 2.49. The lowest BCUT2D eigenvalue weighted by molar-refractivity contribution is 0.0689. The summed E-state index contributed by atoms with van der Waals surface area (Å²) in [5.41, 5.74) is 1.32. The number of benzene rings is 1. The highest BCUT2D eigenvalue weighted by molar-refractivity contribution is 5.92. The molecule has 1 aromatic carbocycles. The summed E-state index contributed by atoms with van der Waals surface area (Å²) in [5.74, 6) is -1.15. The summed E-state index contributed by atoms with van der Waals surface area (Å²) in [6, 6.07) is 8.58. The molecule has 2 aromatic rings. The molecule has 0 atom stereocenters. The zero-order valence-electron chi connectivity index (χ0n) is 12.9. The highest BCUT2D eigenvalue weighted by Gasteiger charge is 2.19. The van der Waals surface area contributed by atoms with Gasteiger partial charge in [-0.05, 0) is 32.4 Å². The highest BCUT2D eigenvalue weighted by Crippen LogP contribution is 2.18. The lowest BCUT2D eigenvalue weighted by Gasteiger charge is -2.22. The normalized spacial score (nSPS) is 10.5. The third-order valence-electron chi connectivity index (χ3n) is 3.56. The van der Waals surface area contributed by atoms with E-state index in [0.717, 1.165) is 10.2 Å². The summed E-state index contributed by atoms with van der Waals surface area (Å²) in [4.78, 5) is 25.7. The van der Waals surface area contributed by atoms with Gasteiger partial charge in [0, 0.05) is 19.2 Å².